The highest BCUT2D eigenvalue weighted by Gasteiger charge is 2.13. The second kappa shape index (κ2) is 7.25. The van der Waals surface area contributed by atoms with E-state index in [0.29, 0.717) is 0 Å². The Morgan fingerprint density at radius 1 is 1.15 bits per heavy atom. The summed E-state index contributed by atoms with van der Waals surface area (Å²) in [6.45, 7) is 0. The van der Waals surface area contributed by atoms with Gasteiger partial charge in [0.2, 0.25) is 0 Å². The Labute approximate surface area is 136 Å². The SMILES string of the molecule is CNC(Cc1cc(OC)ccc1Br)c1cccc(Br)c1. The van der Waals surface area contributed by atoms with Gasteiger partial charge in [-0.25, -0.2) is 0 Å². The molecule has 0 heterocycles. The molecule has 0 aliphatic rings. The third-order valence-electron chi connectivity index (χ3n) is 3.28. The molecule has 2 nitrogen and oxygen atoms in total. The van der Waals surface area contributed by atoms with Gasteiger partial charge in [0.1, 0.15) is 5.75 Å². The van der Waals surface area contributed by atoms with E-state index in [4.69, 9.17) is 4.74 Å². The van der Waals surface area contributed by atoms with Gasteiger partial charge >= 0.3 is 0 Å². The minimum atomic E-state index is 0.260. The van der Waals surface area contributed by atoms with E-state index in [1.165, 1.54) is 11.1 Å². The van der Waals surface area contributed by atoms with E-state index in [1.807, 2.05) is 25.2 Å². The molecule has 1 unspecified atom stereocenters. The van der Waals surface area contributed by atoms with Crippen molar-refractivity contribution in [2.45, 2.75) is 12.5 Å². The van der Waals surface area contributed by atoms with Crippen molar-refractivity contribution >= 4 is 31.9 Å². The van der Waals surface area contributed by atoms with E-state index in [-0.39, 0.29) is 6.04 Å². The van der Waals surface area contributed by atoms with Gasteiger partial charge in [0.15, 0.2) is 0 Å². The van der Waals surface area contributed by atoms with Crippen LogP contribution in [0.4, 0.5) is 0 Å². The normalized spacial score (nSPS) is 12.2. The molecule has 20 heavy (non-hydrogen) atoms. The molecule has 0 aliphatic heterocycles. The summed E-state index contributed by atoms with van der Waals surface area (Å²) >= 11 is 7.14. The average molecular weight is 399 g/mol. The molecular weight excluding hydrogens is 382 g/mol. The average Bonchev–Trinajstić information content (AvgIpc) is 2.46. The lowest BCUT2D eigenvalue weighted by atomic mass is 9.99. The second-order valence-corrected chi connectivity index (χ2v) is 6.33. The number of ether oxygens (including phenoxy) is 1. The molecule has 2 aromatic carbocycles. The fourth-order valence-corrected chi connectivity index (χ4v) is 2.99. The van der Waals surface area contributed by atoms with Crippen molar-refractivity contribution in [1.82, 2.24) is 5.32 Å². The Bertz CT molecular complexity index is 586. The van der Waals surface area contributed by atoms with Gasteiger partial charge in [0.25, 0.3) is 0 Å². The number of likely N-dealkylation sites (N-methyl/N-ethyl adjacent to an activating group) is 1. The van der Waals surface area contributed by atoms with Crippen LogP contribution in [0.5, 0.6) is 5.75 Å². The number of rotatable bonds is 5. The van der Waals surface area contributed by atoms with Gasteiger partial charge in [0.05, 0.1) is 7.11 Å². The van der Waals surface area contributed by atoms with Crippen LogP contribution >= 0.6 is 31.9 Å². The maximum absolute atomic E-state index is 5.30. The van der Waals surface area contributed by atoms with Gasteiger partial charge in [-0.05, 0) is 54.9 Å². The van der Waals surface area contributed by atoms with Crippen molar-refractivity contribution < 1.29 is 4.74 Å². The fourth-order valence-electron chi connectivity index (χ4n) is 2.16. The predicted octanol–water partition coefficient (Wildman–Crippen LogP) is 4.72. The number of methoxy groups -OCH3 is 1. The molecule has 0 saturated carbocycles. The number of halogens is 2. The van der Waals surface area contributed by atoms with Crippen molar-refractivity contribution in [2.75, 3.05) is 14.2 Å². The molecule has 0 amide bonds. The monoisotopic (exact) mass is 397 g/mol. The van der Waals surface area contributed by atoms with E-state index in [1.54, 1.807) is 7.11 Å². The molecule has 2 rings (SSSR count). The number of hydrogen-bond donors (Lipinski definition) is 1. The molecule has 1 N–H and O–H groups in total. The van der Waals surface area contributed by atoms with Crippen LogP contribution in [0.2, 0.25) is 0 Å². The Morgan fingerprint density at radius 3 is 2.60 bits per heavy atom. The quantitative estimate of drug-likeness (QED) is 0.786. The first kappa shape index (κ1) is 15.5. The largest absolute Gasteiger partial charge is 0.497 e. The molecule has 0 saturated heterocycles. The molecule has 1 atom stereocenters. The molecule has 4 heteroatoms. The zero-order valence-electron chi connectivity index (χ0n) is 11.5. The lowest BCUT2D eigenvalue weighted by Crippen LogP contribution is -2.19. The zero-order chi connectivity index (χ0) is 14.5. The van der Waals surface area contributed by atoms with Crippen molar-refractivity contribution in [2.24, 2.45) is 0 Å². The molecule has 0 radical (unpaired) electrons. The summed E-state index contributed by atoms with van der Waals surface area (Å²) in [5.41, 5.74) is 2.49. The predicted molar refractivity (Wildman–Crippen MR) is 90.3 cm³/mol. The first-order chi connectivity index (χ1) is 9.63. The van der Waals surface area contributed by atoms with Gasteiger partial charge in [-0.1, -0.05) is 44.0 Å². The van der Waals surface area contributed by atoms with Crippen LogP contribution in [0.1, 0.15) is 17.2 Å². The Kier molecular flexibility index (Phi) is 5.64. The maximum Gasteiger partial charge on any atom is 0.119 e. The van der Waals surface area contributed by atoms with Crippen molar-refractivity contribution in [3.8, 4) is 5.75 Å². The van der Waals surface area contributed by atoms with Crippen LogP contribution in [-0.2, 0) is 6.42 Å². The molecule has 106 valence electrons. The van der Waals surface area contributed by atoms with E-state index < -0.39 is 0 Å². The van der Waals surface area contributed by atoms with E-state index in [2.05, 4.69) is 61.4 Å². The first-order valence-electron chi connectivity index (χ1n) is 6.39. The molecular formula is C16H17Br2NO. The first-order valence-corrected chi connectivity index (χ1v) is 7.97. The van der Waals surface area contributed by atoms with Crippen LogP contribution in [0.25, 0.3) is 0 Å². The lowest BCUT2D eigenvalue weighted by molar-refractivity contribution is 0.414. The molecule has 0 spiro atoms. The van der Waals surface area contributed by atoms with Gasteiger partial charge in [0, 0.05) is 15.0 Å². The number of benzene rings is 2. The third-order valence-corrected chi connectivity index (χ3v) is 4.54. The third kappa shape index (κ3) is 3.84. The Morgan fingerprint density at radius 2 is 1.95 bits per heavy atom. The minimum Gasteiger partial charge on any atom is -0.497 e. The summed E-state index contributed by atoms with van der Waals surface area (Å²) in [7, 11) is 3.68. The van der Waals surface area contributed by atoms with Crippen LogP contribution in [-0.4, -0.2) is 14.2 Å². The Balaban J connectivity index is 2.26. The van der Waals surface area contributed by atoms with Gasteiger partial charge in [-0.2, -0.15) is 0 Å². The second-order valence-electron chi connectivity index (χ2n) is 4.56. The summed E-state index contributed by atoms with van der Waals surface area (Å²) in [5, 5.41) is 3.38. The standard InChI is InChI=1S/C16H17Br2NO/c1-19-16(11-4-3-5-13(17)8-11)10-12-9-14(20-2)6-7-15(12)18/h3-9,16,19H,10H2,1-2H3. The highest BCUT2D eigenvalue weighted by atomic mass is 79.9. The van der Waals surface area contributed by atoms with Crippen LogP contribution in [0.3, 0.4) is 0 Å². The summed E-state index contributed by atoms with van der Waals surface area (Å²) in [6, 6.07) is 14.7. The summed E-state index contributed by atoms with van der Waals surface area (Å²) < 4.78 is 7.50. The van der Waals surface area contributed by atoms with E-state index in [0.717, 1.165) is 21.1 Å². The van der Waals surface area contributed by atoms with Crippen molar-refractivity contribution in [1.29, 1.82) is 0 Å². The topological polar surface area (TPSA) is 21.3 Å². The number of nitrogens with one attached hydrogen (secondary N) is 1. The molecule has 0 fully saturated rings. The highest BCUT2D eigenvalue weighted by molar-refractivity contribution is 9.10. The molecule has 2 aromatic rings. The van der Waals surface area contributed by atoms with Gasteiger partial charge in [-0.15, -0.1) is 0 Å². The minimum absolute atomic E-state index is 0.260. The van der Waals surface area contributed by atoms with Gasteiger partial charge in [-0.3, -0.25) is 0 Å². The maximum atomic E-state index is 5.30. The number of hydrogen-bond acceptors (Lipinski definition) is 2. The lowest BCUT2D eigenvalue weighted by Gasteiger charge is -2.18. The van der Waals surface area contributed by atoms with Crippen LogP contribution in [0, 0.1) is 0 Å². The zero-order valence-corrected chi connectivity index (χ0v) is 14.7. The smallest absolute Gasteiger partial charge is 0.119 e. The van der Waals surface area contributed by atoms with Crippen molar-refractivity contribution in [3.05, 3.63) is 62.5 Å². The Hall–Kier alpha value is -0.840. The molecule has 0 bridgehead atoms. The fraction of sp³-hybridized carbons (Fsp3) is 0.250. The summed E-state index contributed by atoms with van der Waals surface area (Å²) in [5.74, 6) is 0.882. The van der Waals surface area contributed by atoms with Crippen LogP contribution in [0.15, 0.2) is 51.4 Å². The highest BCUT2D eigenvalue weighted by Crippen LogP contribution is 2.28. The summed E-state index contributed by atoms with van der Waals surface area (Å²) in [6.07, 6.45) is 0.894. The van der Waals surface area contributed by atoms with E-state index >= 15 is 0 Å². The molecule has 0 aromatic heterocycles. The van der Waals surface area contributed by atoms with Gasteiger partial charge < -0.3 is 10.1 Å². The molecule has 0 aliphatic carbocycles. The summed E-state index contributed by atoms with van der Waals surface area (Å²) in [4.78, 5) is 0. The van der Waals surface area contributed by atoms with Crippen LogP contribution < -0.4 is 10.1 Å². The van der Waals surface area contributed by atoms with E-state index in [9.17, 15) is 0 Å². The van der Waals surface area contributed by atoms with Crippen molar-refractivity contribution in [3.63, 3.8) is 0 Å².